The van der Waals surface area contributed by atoms with Gasteiger partial charge in [-0.15, -0.1) is 0 Å². The van der Waals surface area contributed by atoms with Crippen LogP contribution in [0.3, 0.4) is 0 Å². The van der Waals surface area contributed by atoms with Crippen LogP contribution in [0.2, 0.25) is 0 Å². The van der Waals surface area contributed by atoms with Crippen molar-refractivity contribution in [2.24, 2.45) is 0 Å². The summed E-state index contributed by atoms with van der Waals surface area (Å²) in [6.07, 6.45) is 0. The molecule has 0 spiro atoms. The lowest BCUT2D eigenvalue weighted by atomic mass is 10.1. The maximum absolute atomic E-state index is 10.5. The molecule has 0 fully saturated rings. The van der Waals surface area contributed by atoms with Crippen molar-refractivity contribution in [1.29, 1.82) is 0 Å². The van der Waals surface area contributed by atoms with Gasteiger partial charge in [0.05, 0.1) is 5.56 Å². The molecule has 3 heteroatoms. The second kappa shape index (κ2) is 5.05. The van der Waals surface area contributed by atoms with Crippen molar-refractivity contribution >= 4 is 5.97 Å². The predicted molar refractivity (Wildman–Crippen MR) is 52.2 cm³/mol. The first-order valence-electron chi connectivity index (χ1n) is 4.05. The highest BCUT2D eigenvalue weighted by atomic mass is 16.5. The number of carbonyl (C=O) groups is 1. The third-order valence-corrected chi connectivity index (χ3v) is 1.58. The smallest absolute Gasteiger partial charge is 0.335 e. The van der Waals surface area contributed by atoms with Gasteiger partial charge in [0.2, 0.25) is 0 Å². The fraction of sp³-hybridized carbons (Fsp3) is 0.182. The lowest BCUT2D eigenvalue weighted by Gasteiger charge is -1.93. The minimum absolute atomic E-state index is 0.266. The van der Waals surface area contributed by atoms with Crippen LogP contribution in [0.25, 0.3) is 0 Å². The average Bonchev–Trinajstić information content (AvgIpc) is 2.19. The molecule has 1 aromatic carbocycles. The van der Waals surface area contributed by atoms with E-state index in [1.54, 1.807) is 19.2 Å². The number of aromatic carboxylic acids is 1. The predicted octanol–water partition coefficient (Wildman–Crippen LogP) is 1.38. The molecule has 0 unspecified atom stereocenters. The summed E-state index contributed by atoms with van der Waals surface area (Å²) >= 11 is 0. The first-order chi connectivity index (χ1) is 6.74. The van der Waals surface area contributed by atoms with Crippen LogP contribution in [0.1, 0.15) is 15.9 Å². The maximum Gasteiger partial charge on any atom is 0.335 e. The van der Waals surface area contributed by atoms with Crippen LogP contribution in [-0.2, 0) is 4.74 Å². The standard InChI is InChI=1S/C11H10O3/c1-14-8-2-3-9-4-6-10(7-5-9)11(12)13/h4-7H,8H2,1H3,(H,12,13). The number of carboxylic acids is 1. The molecule has 1 rings (SSSR count). The molecule has 0 aliphatic heterocycles. The van der Waals surface area contributed by atoms with Crippen molar-refractivity contribution in [2.45, 2.75) is 0 Å². The van der Waals surface area contributed by atoms with Gasteiger partial charge < -0.3 is 9.84 Å². The van der Waals surface area contributed by atoms with Gasteiger partial charge in [0.1, 0.15) is 6.61 Å². The monoisotopic (exact) mass is 190 g/mol. The summed E-state index contributed by atoms with van der Waals surface area (Å²) in [5.41, 5.74) is 1.05. The molecule has 14 heavy (non-hydrogen) atoms. The van der Waals surface area contributed by atoms with E-state index in [1.165, 1.54) is 12.1 Å². The number of benzene rings is 1. The third kappa shape index (κ3) is 2.92. The van der Waals surface area contributed by atoms with E-state index >= 15 is 0 Å². The Morgan fingerprint density at radius 1 is 1.43 bits per heavy atom. The van der Waals surface area contributed by atoms with E-state index in [-0.39, 0.29) is 5.56 Å². The summed E-state index contributed by atoms with van der Waals surface area (Å²) in [6, 6.07) is 6.40. The van der Waals surface area contributed by atoms with Crippen LogP contribution in [0.5, 0.6) is 0 Å². The van der Waals surface area contributed by atoms with Crippen molar-refractivity contribution in [3.8, 4) is 11.8 Å². The van der Waals surface area contributed by atoms with E-state index < -0.39 is 5.97 Å². The average molecular weight is 190 g/mol. The van der Waals surface area contributed by atoms with Gasteiger partial charge in [-0.05, 0) is 24.3 Å². The highest BCUT2D eigenvalue weighted by Gasteiger charge is 1.99. The molecule has 3 nitrogen and oxygen atoms in total. The largest absolute Gasteiger partial charge is 0.478 e. The number of hydrogen-bond acceptors (Lipinski definition) is 2. The van der Waals surface area contributed by atoms with Gasteiger partial charge in [-0.25, -0.2) is 4.79 Å². The minimum atomic E-state index is -0.929. The highest BCUT2D eigenvalue weighted by molar-refractivity contribution is 5.87. The van der Waals surface area contributed by atoms with Crippen LogP contribution >= 0.6 is 0 Å². The first-order valence-corrected chi connectivity index (χ1v) is 4.05. The zero-order valence-electron chi connectivity index (χ0n) is 7.78. The molecule has 1 N–H and O–H groups in total. The summed E-state index contributed by atoms with van der Waals surface area (Å²) in [5, 5.41) is 8.63. The lowest BCUT2D eigenvalue weighted by Crippen LogP contribution is -1.94. The summed E-state index contributed by atoms with van der Waals surface area (Å²) in [5.74, 6) is 4.69. The third-order valence-electron chi connectivity index (χ3n) is 1.58. The number of ether oxygens (including phenoxy) is 1. The van der Waals surface area contributed by atoms with Crippen LogP contribution in [-0.4, -0.2) is 24.8 Å². The molecule has 1 aromatic rings. The Labute approximate surface area is 82.3 Å². The fourth-order valence-electron chi connectivity index (χ4n) is 0.906. The van der Waals surface area contributed by atoms with Gasteiger partial charge in [0, 0.05) is 12.7 Å². The van der Waals surface area contributed by atoms with Crippen LogP contribution in [0.15, 0.2) is 24.3 Å². The fourth-order valence-corrected chi connectivity index (χ4v) is 0.906. The van der Waals surface area contributed by atoms with Crippen LogP contribution < -0.4 is 0 Å². The molecule has 0 bridgehead atoms. The second-order valence-electron chi connectivity index (χ2n) is 2.62. The Bertz CT molecular complexity index is 368. The molecule has 0 aromatic heterocycles. The first kappa shape index (κ1) is 10.3. The molecule has 0 aliphatic rings. The Kier molecular flexibility index (Phi) is 3.71. The quantitative estimate of drug-likeness (QED) is 0.717. The van der Waals surface area contributed by atoms with Gasteiger partial charge in [-0.3, -0.25) is 0 Å². The summed E-state index contributed by atoms with van der Waals surface area (Å²) in [4.78, 5) is 10.5. The van der Waals surface area contributed by atoms with E-state index in [0.29, 0.717) is 6.61 Å². The second-order valence-corrected chi connectivity index (χ2v) is 2.62. The molecule has 0 heterocycles. The topological polar surface area (TPSA) is 46.5 Å². The van der Waals surface area contributed by atoms with Crippen LogP contribution in [0.4, 0.5) is 0 Å². The highest BCUT2D eigenvalue weighted by Crippen LogP contribution is 2.02. The van der Waals surface area contributed by atoms with Crippen molar-refractivity contribution in [2.75, 3.05) is 13.7 Å². The van der Waals surface area contributed by atoms with E-state index in [0.717, 1.165) is 5.56 Å². The number of rotatable bonds is 2. The van der Waals surface area contributed by atoms with E-state index in [1.807, 2.05) is 0 Å². The normalized spacial score (nSPS) is 8.93. The molecule has 0 aliphatic carbocycles. The molecule has 72 valence electrons. The van der Waals surface area contributed by atoms with Crippen molar-refractivity contribution in [1.82, 2.24) is 0 Å². The number of carboxylic acid groups (broad SMARTS) is 1. The number of methoxy groups -OCH3 is 1. The Morgan fingerprint density at radius 3 is 2.57 bits per heavy atom. The van der Waals surface area contributed by atoms with Crippen molar-refractivity contribution in [3.63, 3.8) is 0 Å². The molecule has 0 amide bonds. The molecule has 0 saturated carbocycles. The summed E-state index contributed by atoms with van der Waals surface area (Å²) < 4.78 is 4.76. The van der Waals surface area contributed by atoms with E-state index in [4.69, 9.17) is 9.84 Å². The Balaban J connectivity index is 2.75. The van der Waals surface area contributed by atoms with E-state index in [2.05, 4.69) is 11.8 Å². The SMILES string of the molecule is COCC#Cc1ccc(C(=O)O)cc1. The molecular weight excluding hydrogens is 180 g/mol. The minimum Gasteiger partial charge on any atom is -0.478 e. The lowest BCUT2D eigenvalue weighted by molar-refractivity contribution is 0.0697. The summed E-state index contributed by atoms with van der Waals surface area (Å²) in [7, 11) is 1.57. The Hall–Kier alpha value is -1.79. The molecule has 0 saturated heterocycles. The summed E-state index contributed by atoms with van der Waals surface area (Å²) in [6.45, 7) is 0.376. The van der Waals surface area contributed by atoms with Gasteiger partial charge in [-0.2, -0.15) is 0 Å². The van der Waals surface area contributed by atoms with Gasteiger partial charge in [-0.1, -0.05) is 11.8 Å². The zero-order valence-corrected chi connectivity index (χ0v) is 7.78. The van der Waals surface area contributed by atoms with E-state index in [9.17, 15) is 4.79 Å². The van der Waals surface area contributed by atoms with Gasteiger partial charge >= 0.3 is 5.97 Å². The van der Waals surface area contributed by atoms with Gasteiger partial charge in [0.25, 0.3) is 0 Å². The zero-order chi connectivity index (χ0) is 10.4. The molecule has 0 radical (unpaired) electrons. The maximum atomic E-state index is 10.5. The Morgan fingerprint density at radius 2 is 2.07 bits per heavy atom. The van der Waals surface area contributed by atoms with Crippen molar-refractivity contribution in [3.05, 3.63) is 35.4 Å². The van der Waals surface area contributed by atoms with Gasteiger partial charge in [0.15, 0.2) is 0 Å². The molecular formula is C11H10O3. The number of hydrogen-bond donors (Lipinski definition) is 1. The van der Waals surface area contributed by atoms with Crippen LogP contribution in [0, 0.1) is 11.8 Å². The van der Waals surface area contributed by atoms with Crippen molar-refractivity contribution < 1.29 is 14.6 Å². The molecule has 0 atom stereocenters.